The van der Waals surface area contributed by atoms with Gasteiger partial charge in [0.1, 0.15) is 8.07 Å². The quantitative estimate of drug-likeness (QED) is 0.515. The molecule has 0 bridgehead atoms. The van der Waals surface area contributed by atoms with Gasteiger partial charge in [-0.2, -0.15) is 0 Å². The van der Waals surface area contributed by atoms with E-state index >= 15 is 0 Å². The number of para-hydroxylation sites is 2. The first kappa shape index (κ1) is 18.0. The summed E-state index contributed by atoms with van der Waals surface area (Å²) in [5.74, 6) is 3.30. The summed E-state index contributed by atoms with van der Waals surface area (Å²) in [6.07, 6.45) is 0. The van der Waals surface area contributed by atoms with Crippen molar-refractivity contribution in [3.63, 3.8) is 0 Å². The second kappa shape index (κ2) is 7.03. The molecule has 0 spiro atoms. The molecule has 0 atom stereocenters. The normalized spacial score (nSPS) is 12.1. The van der Waals surface area contributed by atoms with Crippen molar-refractivity contribution in [1.29, 1.82) is 0 Å². The maximum absolute atomic E-state index is 6.31. The molecule has 2 aromatic rings. The first-order chi connectivity index (χ1) is 10.8. The molecule has 1 heterocycles. The van der Waals surface area contributed by atoms with E-state index in [-0.39, 0.29) is 0 Å². The third kappa shape index (κ3) is 3.44. The summed E-state index contributed by atoms with van der Waals surface area (Å²) in [5, 5.41) is 0.398. The Balaban J connectivity index is 2.56. The average Bonchev–Trinajstić information content (AvgIpc) is 2.47. The molecule has 4 heteroatoms. The number of hydrogen-bond acceptors (Lipinski definition) is 2. The highest BCUT2D eigenvalue weighted by Gasteiger charge is 2.41. The van der Waals surface area contributed by atoms with Crippen molar-refractivity contribution in [2.75, 3.05) is 0 Å². The Bertz CT molecular complexity index is 735. The van der Waals surface area contributed by atoms with Gasteiger partial charge in [0, 0.05) is 0 Å². The lowest BCUT2D eigenvalue weighted by Gasteiger charge is -2.38. The second-order valence-electron chi connectivity index (χ2n) is 7.00. The monoisotopic (exact) mass is 344 g/mol. The molecule has 122 valence electrons. The zero-order chi connectivity index (χ0) is 17.2. The van der Waals surface area contributed by atoms with Crippen molar-refractivity contribution in [1.82, 2.24) is 9.97 Å². The van der Waals surface area contributed by atoms with E-state index in [2.05, 4.69) is 63.0 Å². The van der Waals surface area contributed by atoms with E-state index in [0.29, 0.717) is 27.5 Å². The van der Waals surface area contributed by atoms with E-state index < -0.39 is 8.07 Å². The van der Waals surface area contributed by atoms with E-state index in [1.807, 2.05) is 24.3 Å². The molecular weight excluding hydrogens is 320 g/mol. The first-order valence-corrected chi connectivity index (χ1v) is 10.9. The molecule has 0 saturated heterocycles. The average molecular weight is 345 g/mol. The topological polar surface area (TPSA) is 25.8 Å². The smallest absolute Gasteiger partial charge is 0.163 e. The first-order valence-electron chi connectivity index (χ1n) is 8.24. The van der Waals surface area contributed by atoms with Crippen molar-refractivity contribution < 1.29 is 0 Å². The van der Waals surface area contributed by atoms with Crippen LogP contribution < -0.4 is 0 Å². The van der Waals surface area contributed by atoms with E-state index in [9.17, 15) is 0 Å². The number of aromatic nitrogens is 2. The Labute approximate surface area is 145 Å². The highest BCUT2D eigenvalue weighted by molar-refractivity contribution is 6.90. The van der Waals surface area contributed by atoms with Gasteiger partial charge < -0.3 is 0 Å². The minimum absolute atomic E-state index is 0.398. The lowest BCUT2D eigenvalue weighted by molar-refractivity contribution is 0.838. The van der Waals surface area contributed by atoms with Crippen molar-refractivity contribution >= 4 is 30.7 Å². The Kier molecular flexibility index (Phi) is 5.49. The van der Waals surface area contributed by atoms with Crippen LogP contribution in [0.2, 0.25) is 21.8 Å². The zero-order valence-electron chi connectivity index (χ0n) is 14.8. The number of halogens is 1. The van der Waals surface area contributed by atoms with Gasteiger partial charge in [0.25, 0.3) is 0 Å². The summed E-state index contributed by atoms with van der Waals surface area (Å²) in [5.41, 5.74) is 7.66. The fraction of sp³-hybridized carbons (Fsp3) is 0.474. The van der Waals surface area contributed by atoms with Gasteiger partial charge in [-0.1, -0.05) is 71.2 Å². The second-order valence-corrected chi connectivity index (χ2v) is 12.9. The molecule has 0 aliphatic rings. The maximum Gasteiger partial charge on any atom is 0.163 e. The third-order valence-corrected chi connectivity index (χ3v) is 11.3. The number of fused-ring (bicyclic) bond motifs is 1. The molecule has 0 saturated carbocycles. The van der Waals surface area contributed by atoms with Crippen LogP contribution in [0.4, 0.5) is 0 Å². The van der Waals surface area contributed by atoms with Gasteiger partial charge >= 0.3 is 0 Å². The summed E-state index contributed by atoms with van der Waals surface area (Å²) in [4.78, 5) is 9.04. The summed E-state index contributed by atoms with van der Waals surface area (Å²) in [6, 6.07) is 7.76. The molecule has 0 aliphatic carbocycles. The number of benzene rings is 1. The van der Waals surface area contributed by atoms with Crippen LogP contribution in [0.1, 0.15) is 47.2 Å². The van der Waals surface area contributed by atoms with Crippen LogP contribution in [0, 0.1) is 11.5 Å². The Hall–Kier alpha value is -1.37. The molecule has 2 rings (SSSR count). The van der Waals surface area contributed by atoms with Crippen molar-refractivity contribution in [3.05, 3.63) is 35.1 Å². The molecular formula is C19H25ClN2Si. The van der Waals surface area contributed by atoms with Gasteiger partial charge in [0.2, 0.25) is 0 Å². The lowest BCUT2D eigenvalue weighted by atomic mass is 10.3. The fourth-order valence-corrected chi connectivity index (χ4v) is 9.04. The molecule has 0 fully saturated rings. The molecule has 0 unspecified atom stereocenters. The van der Waals surface area contributed by atoms with Gasteiger partial charge in [-0.3, -0.25) is 0 Å². The summed E-state index contributed by atoms with van der Waals surface area (Å²) in [6.45, 7) is 13.8. The van der Waals surface area contributed by atoms with Crippen molar-refractivity contribution in [3.8, 4) is 11.5 Å². The number of hydrogen-bond donors (Lipinski definition) is 0. The van der Waals surface area contributed by atoms with E-state index in [1.165, 1.54) is 0 Å². The molecule has 0 N–H and O–H groups in total. The van der Waals surface area contributed by atoms with Gasteiger partial charge in [0.05, 0.1) is 11.0 Å². The van der Waals surface area contributed by atoms with E-state index in [4.69, 9.17) is 11.6 Å². The Morgan fingerprint density at radius 1 is 0.870 bits per heavy atom. The SMILES string of the molecule is CC(C)[Si](C#Cc1nc2ccccc2nc1Cl)(C(C)C)C(C)C. The van der Waals surface area contributed by atoms with Crippen LogP contribution in [0.5, 0.6) is 0 Å². The molecule has 0 aliphatic heterocycles. The summed E-state index contributed by atoms with van der Waals surface area (Å²) >= 11 is 6.31. The molecule has 1 aromatic carbocycles. The van der Waals surface area contributed by atoms with Crippen LogP contribution in [-0.2, 0) is 0 Å². The standard InChI is InChI=1S/C19H25ClN2Si/c1-13(2)23(14(3)4,15(5)6)12-11-18-19(20)22-17-10-8-7-9-16(17)21-18/h7-10,13-15H,1-6H3. The number of nitrogens with zero attached hydrogens (tertiary/aromatic N) is 2. The fourth-order valence-electron chi connectivity index (χ4n) is 3.66. The Morgan fingerprint density at radius 3 is 1.83 bits per heavy atom. The highest BCUT2D eigenvalue weighted by atomic mass is 35.5. The molecule has 2 nitrogen and oxygen atoms in total. The van der Waals surface area contributed by atoms with E-state index in [1.54, 1.807) is 0 Å². The van der Waals surface area contributed by atoms with Gasteiger partial charge in [-0.25, -0.2) is 9.97 Å². The van der Waals surface area contributed by atoms with Crippen molar-refractivity contribution in [2.24, 2.45) is 0 Å². The van der Waals surface area contributed by atoms with Crippen LogP contribution in [0.15, 0.2) is 24.3 Å². The van der Waals surface area contributed by atoms with Crippen LogP contribution in [0.3, 0.4) is 0 Å². The summed E-state index contributed by atoms with van der Waals surface area (Å²) in [7, 11) is -1.79. The van der Waals surface area contributed by atoms with E-state index in [0.717, 1.165) is 11.0 Å². The largest absolute Gasteiger partial charge is 0.234 e. The summed E-state index contributed by atoms with van der Waals surface area (Å²) < 4.78 is 0. The minimum Gasteiger partial charge on any atom is -0.234 e. The highest BCUT2D eigenvalue weighted by Crippen LogP contribution is 2.40. The zero-order valence-corrected chi connectivity index (χ0v) is 16.6. The van der Waals surface area contributed by atoms with Crippen LogP contribution in [-0.4, -0.2) is 18.0 Å². The van der Waals surface area contributed by atoms with Gasteiger partial charge in [0.15, 0.2) is 10.8 Å². The molecule has 0 amide bonds. The number of rotatable bonds is 3. The third-order valence-electron chi connectivity index (χ3n) is 4.79. The van der Waals surface area contributed by atoms with Gasteiger partial charge in [-0.05, 0) is 28.8 Å². The molecule has 1 aromatic heterocycles. The predicted octanol–water partition coefficient (Wildman–Crippen LogP) is 5.85. The Morgan fingerprint density at radius 2 is 1.35 bits per heavy atom. The van der Waals surface area contributed by atoms with Crippen molar-refractivity contribution in [2.45, 2.75) is 58.2 Å². The molecule has 23 heavy (non-hydrogen) atoms. The lowest BCUT2D eigenvalue weighted by Crippen LogP contribution is -2.43. The van der Waals surface area contributed by atoms with Crippen LogP contribution in [0.25, 0.3) is 11.0 Å². The minimum atomic E-state index is -1.79. The van der Waals surface area contributed by atoms with Gasteiger partial charge in [-0.15, -0.1) is 5.54 Å². The predicted molar refractivity (Wildman–Crippen MR) is 102 cm³/mol. The molecule has 0 radical (unpaired) electrons. The maximum atomic E-state index is 6.31. The van der Waals surface area contributed by atoms with Crippen LogP contribution >= 0.6 is 11.6 Å².